The summed E-state index contributed by atoms with van der Waals surface area (Å²) in [5.74, 6) is 9.35. The molecule has 0 atom stereocenters. The maximum absolute atomic E-state index is 4.94. The van der Waals surface area contributed by atoms with Gasteiger partial charge in [-0.2, -0.15) is 0 Å². The van der Waals surface area contributed by atoms with Crippen molar-refractivity contribution in [2.24, 2.45) is 59.2 Å². The van der Waals surface area contributed by atoms with Crippen LogP contribution < -0.4 is 51.4 Å². The van der Waals surface area contributed by atoms with E-state index in [0.717, 1.165) is 85.6 Å². The number of ether oxygens (including phenoxy) is 2. The first-order valence-corrected chi connectivity index (χ1v) is 23.6. The van der Waals surface area contributed by atoms with E-state index in [1.807, 2.05) is 0 Å². The minimum Gasteiger partial charge on any atom is -0.668 e. The molecular weight excluding hydrogens is 700 g/mol. The van der Waals surface area contributed by atoms with Gasteiger partial charge in [0.1, 0.15) is 0 Å². The summed E-state index contributed by atoms with van der Waals surface area (Å²) in [6.07, 6.45) is 5.11. The zero-order valence-electron chi connectivity index (χ0n) is 31.1. The molecule has 0 aromatic heterocycles. The van der Waals surface area contributed by atoms with Crippen molar-refractivity contribution in [1.29, 1.82) is 0 Å². The Bertz CT molecular complexity index is 466. The molecule has 0 bridgehead atoms. The molecule has 0 aromatic carbocycles. The molecule has 2 saturated carbocycles. The molecule has 2 aliphatic carbocycles. The Labute approximate surface area is 337 Å². The molecule has 242 valence electrons. The fraction of sp³-hybridized carbons (Fsp3) is 1.00. The van der Waals surface area contributed by atoms with Crippen LogP contribution in [0.3, 0.4) is 0 Å². The molecule has 7 heteroatoms. The van der Waals surface area contributed by atoms with Crippen molar-refractivity contribution >= 4 is 16.5 Å². The van der Waals surface area contributed by atoms with Crippen LogP contribution in [0.4, 0.5) is 0 Å². The first-order chi connectivity index (χ1) is 17.8. The van der Waals surface area contributed by atoms with Crippen molar-refractivity contribution in [1.82, 2.24) is 0 Å². The number of nitrogens with zero attached hydrogens (tertiary/aromatic N) is 1. The van der Waals surface area contributed by atoms with Gasteiger partial charge in [-0.15, -0.1) is 0 Å². The second-order valence-electron chi connectivity index (χ2n) is 15.7. The van der Waals surface area contributed by atoms with E-state index in [9.17, 15) is 0 Å². The predicted octanol–water partition coefficient (Wildman–Crippen LogP) is 7.99. The summed E-state index contributed by atoms with van der Waals surface area (Å²) < 4.78 is 14.7. The quantitative estimate of drug-likeness (QED) is 0.267. The molecule has 2 saturated heterocycles. The maximum Gasteiger partial charge on any atom is 1.00 e. The molecule has 41 heavy (non-hydrogen) atoms. The van der Waals surface area contributed by atoms with Crippen LogP contribution in [0, 0.1) is 99.6 Å². The maximum atomic E-state index is 4.94. The molecule has 2 heterocycles. The molecule has 4 fully saturated rings. The Morgan fingerprint density at radius 1 is 0.390 bits per heavy atom. The second kappa shape index (κ2) is 24.4. The van der Waals surface area contributed by atoms with Crippen LogP contribution in [0.15, 0.2) is 0 Å². The Balaban J connectivity index is -0.000000446. The molecule has 0 amide bonds. The topological polar surface area (TPSA) is 32.6 Å². The van der Waals surface area contributed by atoms with Gasteiger partial charge in [0.25, 0.3) is 0 Å². The van der Waals surface area contributed by atoms with Crippen molar-refractivity contribution in [3.63, 3.8) is 0 Å². The average molecular weight is 775 g/mol. The minimum absolute atomic E-state index is 0. The van der Waals surface area contributed by atoms with Crippen LogP contribution in [-0.2, 0) is 9.47 Å². The summed E-state index contributed by atoms with van der Waals surface area (Å²) in [6.45, 7) is 41.8. The SMILES string of the molecule is C1CCOC1.C1CCOC1.CC1C(C)C(C)C(C)C1C.CC1C(C)C(C)C(C)C1C.C[Si](C)(C)[N-][Si](C)(C)C.[K+].[Sm]. The van der Waals surface area contributed by atoms with Gasteiger partial charge in [0.05, 0.1) is 0 Å². The zero-order chi connectivity index (χ0) is 30.6. The Hall–Kier alpha value is 3.29. The van der Waals surface area contributed by atoms with E-state index in [4.69, 9.17) is 14.1 Å². The van der Waals surface area contributed by atoms with Gasteiger partial charge in [-0.25, -0.2) is 0 Å². The van der Waals surface area contributed by atoms with E-state index in [1.54, 1.807) is 0 Å². The van der Waals surface area contributed by atoms with Gasteiger partial charge in [-0.1, -0.05) is 125 Å². The van der Waals surface area contributed by atoms with Crippen LogP contribution in [0.1, 0.15) is 94.9 Å². The van der Waals surface area contributed by atoms with E-state index in [1.165, 1.54) is 25.7 Å². The molecular formula is C34H74KNO2Si2Sm. The van der Waals surface area contributed by atoms with Gasteiger partial charge in [0, 0.05) is 66.8 Å². The van der Waals surface area contributed by atoms with E-state index in [-0.39, 0.29) is 91.8 Å². The fourth-order valence-electron chi connectivity index (χ4n) is 6.82. The third-order valence-electron chi connectivity index (χ3n) is 10.6. The summed E-state index contributed by atoms with van der Waals surface area (Å²) >= 11 is 0. The number of hydrogen-bond donors (Lipinski definition) is 0. The van der Waals surface area contributed by atoms with E-state index in [2.05, 4.69) is 109 Å². The number of rotatable bonds is 2. The van der Waals surface area contributed by atoms with Crippen molar-refractivity contribution in [2.75, 3.05) is 26.4 Å². The summed E-state index contributed by atoms with van der Waals surface area (Å²) in [6, 6.07) is 0. The first-order valence-electron chi connectivity index (χ1n) is 16.7. The molecule has 0 spiro atoms. The van der Waals surface area contributed by atoms with Crippen molar-refractivity contribution in [2.45, 2.75) is 134 Å². The van der Waals surface area contributed by atoms with Crippen molar-refractivity contribution in [3.8, 4) is 0 Å². The monoisotopic (exact) mass is 775 g/mol. The second-order valence-corrected chi connectivity index (χ2v) is 25.3. The molecule has 3 nitrogen and oxygen atoms in total. The summed E-state index contributed by atoms with van der Waals surface area (Å²) in [5.41, 5.74) is 0. The van der Waals surface area contributed by atoms with Crippen LogP contribution in [0.2, 0.25) is 39.3 Å². The smallest absolute Gasteiger partial charge is 0.668 e. The number of hydrogen-bond acceptors (Lipinski definition) is 2. The van der Waals surface area contributed by atoms with Crippen molar-refractivity contribution in [3.05, 3.63) is 4.65 Å². The molecule has 2 aliphatic heterocycles. The van der Waals surface area contributed by atoms with Crippen LogP contribution in [0.5, 0.6) is 0 Å². The van der Waals surface area contributed by atoms with Crippen LogP contribution in [0.25, 0.3) is 4.65 Å². The zero-order valence-corrected chi connectivity index (χ0v) is 38.8. The molecule has 0 N–H and O–H groups in total. The fourth-order valence-corrected chi connectivity index (χ4v) is 14.9. The summed E-state index contributed by atoms with van der Waals surface area (Å²) in [4.78, 5) is 0. The third-order valence-corrected chi connectivity index (χ3v) is 16.0. The predicted molar refractivity (Wildman–Crippen MR) is 182 cm³/mol. The molecule has 0 radical (unpaired) electrons. The minimum atomic E-state index is -1.11. The van der Waals surface area contributed by atoms with E-state index >= 15 is 0 Å². The van der Waals surface area contributed by atoms with Crippen LogP contribution >= 0.6 is 0 Å². The Kier molecular flexibility index (Phi) is 29.0. The van der Waals surface area contributed by atoms with Gasteiger partial charge < -0.3 is 14.1 Å². The largest absolute Gasteiger partial charge is 1.00 e. The first kappa shape index (κ1) is 48.7. The molecule has 4 aliphatic rings. The normalized spacial score (nSPS) is 36.0. The third kappa shape index (κ3) is 21.0. The molecule has 4 rings (SSSR count). The standard InChI is InChI=1S/2C10H20.C6H18NSi2.2C4H8O.K.Sm/c2*1-6-7(2)9(4)10(5)8(6)3;1-8(2,3)7-9(4,5)6;2*1-2-4-5-3-1;;/h2*6-10H,1-5H3;1-6H3;2*1-4H2;;/q;;-1;;;+1;. The average Bonchev–Trinajstić information content (AvgIpc) is 3.65. The molecule has 0 aromatic rings. The van der Waals surface area contributed by atoms with Gasteiger partial charge >= 0.3 is 51.4 Å². The van der Waals surface area contributed by atoms with E-state index in [0.29, 0.717) is 0 Å². The van der Waals surface area contributed by atoms with Gasteiger partial charge in [0.2, 0.25) is 0 Å². The van der Waals surface area contributed by atoms with Crippen LogP contribution in [-0.4, -0.2) is 42.9 Å². The van der Waals surface area contributed by atoms with Gasteiger partial charge in [-0.05, 0) is 84.9 Å². The van der Waals surface area contributed by atoms with Gasteiger partial charge in [0.15, 0.2) is 0 Å². The van der Waals surface area contributed by atoms with Crippen molar-refractivity contribution < 1.29 is 101 Å². The molecule has 0 unspecified atom stereocenters. The Morgan fingerprint density at radius 3 is 0.585 bits per heavy atom. The summed E-state index contributed by atoms with van der Waals surface area (Å²) in [5, 5.41) is 0. The Morgan fingerprint density at radius 2 is 0.537 bits per heavy atom. The summed E-state index contributed by atoms with van der Waals surface area (Å²) in [7, 11) is -2.21. The van der Waals surface area contributed by atoms with Gasteiger partial charge in [-0.3, -0.25) is 0 Å². The van der Waals surface area contributed by atoms with E-state index < -0.39 is 16.5 Å².